The molecule has 0 spiro atoms. The minimum atomic E-state index is -1.23. The molecule has 10 heavy (non-hydrogen) atoms. The quantitative estimate of drug-likeness (QED) is 0.307. The number of aliphatic hydroxyl groups excluding tert-OH is 1. The molecule has 54 valence electrons. The summed E-state index contributed by atoms with van der Waals surface area (Å²) in [7, 11) is 0. The van der Waals surface area contributed by atoms with Gasteiger partial charge in [0.25, 0.3) is 0 Å². The zero-order valence-corrected chi connectivity index (χ0v) is 5.25. The molecule has 0 heterocycles. The fourth-order valence-electron chi connectivity index (χ4n) is 0.227. The first-order chi connectivity index (χ1) is 4.04. The van der Waals surface area contributed by atoms with E-state index in [9.17, 15) is 9.59 Å². The van der Waals surface area contributed by atoms with Crippen molar-refractivity contribution in [3.8, 4) is 0 Å². The van der Waals surface area contributed by atoms with Crippen LogP contribution in [0.25, 0.3) is 0 Å². The standard InChI is InChI=1S/C5H8O4.K.H/c1-3(6)5(8)9-4(2)7;;/h3,6H,1-2H3;;. The molecule has 0 aliphatic rings. The van der Waals surface area contributed by atoms with E-state index >= 15 is 0 Å². The average molecular weight is 172 g/mol. The summed E-state index contributed by atoms with van der Waals surface area (Å²) < 4.78 is 3.98. The van der Waals surface area contributed by atoms with Gasteiger partial charge in [0.2, 0.25) is 0 Å². The van der Waals surface area contributed by atoms with E-state index in [1.165, 1.54) is 6.92 Å². The third-order valence-corrected chi connectivity index (χ3v) is 0.585. The Morgan fingerprint density at radius 2 is 1.90 bits per heavy atom. The first-order valence-electron chi connectivity index (χ1n) is 2.44. The number of hydrogen-bond donors (Lipinski definition) is 1. The van der Waals surface area contributed by atoms with Crippen molar-refractivity contribution in [1.29, 1.82) is 0 Å². The van der Waals surface area contributed by atoms with Crippen molar-refractivity contribution in [2.75, 3.05) is 0 Å². The third kappa shape index (κ3) is 6.85. The Bertz CT molecular complexity index is 132. The molecular weight excluding hydrogens is 163 g/mol. The summed E-state index contributed by atoms with van der Waals surface area (Å²) in [6.07, 6.45) is -1.23. The number of ether oxygens (including phenoxy) is 1. The Balaban J connectivity index is 0. The van der Waals surface area contributed by atoms with Crippen LogP contribution >= 0.6 is 0 Å². The van der Waals surface area contributed by atoms with Crippen molar-refractivity contribution in [2.45, 2.75) is 20.0 Å². The molecular formula is C5H9KO4. The second-order valence-corrected chi connectivity index (χ2v) is 1.59. The molecule has 1 unspecified atom stereocenters. The molecule has 0 saturated carbocycles. The third-order valence-electron chi connectivity index (χ3n) is 0.585. The Labute approximate surface area is 101 Å². The van der Waals surface area contributed by atoms with Crippen LogP contribution in [0.2, 0.25) is 0 Å². The van der Waals surface area contributed by atoms with Crippen molar-refractivity contribution in [2.24, 2.45) is 0 Å². The van der Waals surface area contributed by atoms with Crippen molar-refractivity contribution in [3.05, 3.63) is 0 Å². The van der Waals surface area contributed by atoms with E-state index in [2.05, 4.69) is 4.74 Å². The van der Waals surface area contributed by atoms with E-state index in [1.807, 2.05) is 0 Å². The summed E-state index contributed by atoms with van der Waals surface area (Å²) in [5.74, 6) is -1.62. The molecule has 0 aromatic carbocycles. The van der Waals surface area contributed by atoms with Crippen LogP contribution in [0, 0.1) is 0 Å². The predicted octanol–water partition coefficient (Wildman–Crippen LogP) is -1.19. The van der Waals surface area contributed by atoms with Crippen LogP contribution in [0.15, 0.2) is 0 Å². The van der Waals surface area contributed by atoms with Crippen LogP contribution in [0.4, 0.5) is 0 Å². The van der Waals surface area contributed by atoms with Gasteiger partial charge in [-0.1, -0.05) is 0 Å². The molecule has 0 amide bonds. The molecule has 0 aromatic heterocycles. The molecule has 0 rings (SSSR count). The Hall–Kier alpha value is 0.736. The first kappa shape index (κ1) is 13.3. The van der Waals surface area contributed by atoms with Crippen LogP contribution in [0.3, 0.4) is 0 Å². The molecule has 0 bridgehead atoms. The Morgan fingerprint density at radius 3 is 2.00 bits per heavy atom. The predicted molar refractivity (Wildman–Crippen MR) is 35.6 cm³/mol. The van der Waals surface area contributed by atoms with Gasteiger partial charge in [-0.15, -0.1) is 0 Å². The van der Waals surface area contributed by atoms with Crippen LogP contribution in [0.1, 0.15) is 13.8 Å². The van der Waals surface area contributed by atoms with Gasteiger partial charge in [-0.25, -0.2) is 4.79 Å². The first-order valence-corrected chi connectivity index (χ1v) is 2.44. The SMILES string of the molecule is CC(=O)OC(=O)C(C)O.[KH]. The van der Waals surface area contributed by atoms with Gasteiger partial charge in [0.1, 0.15) is 6.10 Å². The summed E-state index contributed by atoms with van der Waals surface area (Å²) in [4.78, 5) is 20.3. The number of aliphatic hydroxyl groups is 1. The van der Waals surface area contributed by atoms with Gasteiger partial charge in [-0.05, 0) is 6.92 Å². The van der Waals surface area contributed by atoms with Crippen molar-refractivity contribution < 1.29 is 19.4 Å². The van der Waals surface area contributed by atoms with Gasteiger partial charge in [0.05, 0.1) is 0 Å². The number of carbonyl (C=O) groups excluding carboxylic acids is 2. The summed E-state index contributed by atoms with van der Waals surface area (Å²) in [6.45, 7) is 2.32. The number of hydrogen-bond acceptors (Lipinski definition) is 4. The van der Waals surface area contributed by atoms with Gasteiger partial charge in [-0.3, -0.25) is 4.79 Å². The Kier molecular flexibility index (Phi) is 8.60. The van der Waals surface area contributed by atoms with E-state index in [0.717, 1.165) is 6.92 Å². The molecule has 0 saturated heterocycles. The maximum absolute atomic E-state index is 10.3. The summed E-state index contributed by atoms with van der Waals surface area (Å²) in [5.41, 5.74) is 0. The van der Waals surface area contributed by atoms with Crippen molar-refractivity contribution in [1.82, 2.24) is 0 Å². The fraction of sp³-hybridized carbons (Fsp3) is 0.600. The summed E-state index contributed by atoms with van der Waals surface area (Å²) in [5, 5.41) is 8.44. The molecule has 1 N–H and O–H groups in total. The normalized spacial score (nSPS) is 11.1. The van der Waals surface area contributed by atoms with E-state index in [4.69, 9.17) is 5.11 Å². The van der Waals surface area contributed by atoms with E-state index in [0.29, 0.717) is 0 Å². The molecule has 0 aliphatic heterocycles. The monoisotopic (exact) mass is 172 g/mol. The maximum atomic E-state index is 10.3. The zero-order valence-electron chi connectivity index (χ0n) is 5.25. The molecule has 0 aromatic rings. The van der Waals surface area contributed by atoms with E-state index < -0.39 is 18.0 Å². The zero-order chi connectivity index (χ0) is 7.44. The van der Waals surface area contributed by atoms with Gasteiger partial charge in [-0.2, -0.15) is 0 Å². The number of esters is 2. The van der Waals surface area contributed by atoms with Crippen molar-refractivity contribution >= 4 is 63.3 Å². The average Bonchev–Trinajstić information content (AvgIpc) is 1.63. The fourth-order valence-corrected chi connectivity index (χ4v) is 0.227. The number of rotatable bonds is 1. The number of carbonyl (C=O) groups is 2. The van der Waals surface area contributed by atoms with Gasteiger partial charge in [0.15, 0.2) is 0 Å². The topological polar surface area (TPSA) is 63.6 Å². The molecule has 4 nitrogen and oxygen atoms in total. The summed E-state index contributed by atoms with van der Waals surface area (Å²) in [6, 6.07) is 0. The van der Waals surface area contributed by atoms with E-state index in [1.54, 1.807) is 0 Å². The summed E-state index contributed by atoms with van der Waals surface area (Å²) >= 11 is 0. The molecule has 1 atom stereocenters. The second-order valence-electron chi connectivity index (χ2n) is 1.59. The molecule has 5 heteroatoms. The Morgan fingerprint density at radius 1 is 1.50 bits per heavy atom. The molecule has 0 radical (unpaired) electrons. The van der Waals surface area contributed by atoms with Crippen LogP contribution in [-0.2, 0) is 14.3 Å². The molecule has 0 aliphatic carbocycles. The second kappa shape index (κ2) is 6.45. The van der Waals surface area contributed by atoms with E-state index in [-0.39, 0.29) is 51.4 Å². The van der Waals surface area contributed by atoms with Crippen LogP contribution in [0.5, 0.6) is 0 Å². The van der Waals surface area contributed by atoms with Crippen LogP contribution in [-0.4, -0.2) is 74.5 Å². The minimum absolute atomic E-state index is 0. The van der Waals surface area contributed by atoms with Gasteiger partial charge >= 0.3 is 63.3 Å². The van der Waals surface area contributed by atoms with Crippen molar-refractivity contribution in [3.63, 3.8) is 0 Å². The van der Waals surface area contributed by atoms with Crippen LogP contribution < -0.4 is 0 Å². The molecule has 0 fully saturated rings. The van der Waals surface area contributed by atoms with Gasteiger partial charge < -0.3 is 9.84 Å². The van der Waals surface area contributed by atoms with Gasteiger partial charge in [0, 0.05) is 6.92 Å².